The lowest BCUT2D eigenvalue weighted by Gasteiger charge is -2.31. The second-order valence-electron chi connectivity index (χ2n) is 5.17. The molecule has 3 rings (SSSR count). The Labute approximate surface area is 112 Å². The second-order valence-corrected chi connectivity index (χ2v) is 5.17. The Balaban J connectivity index is 1.57. The number of rotatable bonds is 3. The van der Waals surface area contributed by atoms with Crippen LogP contribution in [0.4, 0.5) is 4.39 Å². The van der Waals surface area contributed by atoms with Gasteiger partial charge in [0.15, 0.2) is 0 Å². The number of halogens is 1. The second kappa shape index (κ2) is 5.53. The molecule has 1 aromatic heterocycles. The van der Waals surface area contributed by atoms with Gasteiger partial charge in [-0.3, -0.25) is 10.00 Å². The van der Waals surface area contributed by atoms with Gasteiger partial charge in [-0.15, -0.1) is 0 Å². The molecule has 0 radical (unpaired) electrons. The van der Waals surface area contributed by atoms with E-state index in [2.05, 4.69) is 15.1 Å². The molecule has 0 saturated carbocycles. The maximum Gasteiger partial charge on any atom is 0.127 e. The molecular formula is C15H18FN3. The monoisotopic (exact) mass is 259 g/mol. The van der Waals surface area contributed by atoms with Crippen LogP contribution in [0.1, 0.15) is 29.9 Å². The maximum absolute atomic E-state index is 13.6. The number of likely N-dealkylation sites (tertiary alicyclic amines) is 1. The van der Waals surface area contributed by atoms with Crippen LogP contribution in [0.2, 0.25) is 0 Å². The molecule has 4 heteroatoms. The van der Waals surface area contributed by atoms with Crippen molar-refractivity contribution in [2.45, 2.75) is 25.3 Å². The third kappa shape index (κ3) is 2.84. The minimum Gasteiger partial charge on any atom is -0.299 e. The summed E-state index contributed by atoms with van der Waals surface area (Å²) in [4.78, 5) is 2.33. The van der Waals surface area contributed by atoms with E-state index in [1.807, 2.05) is 24.5 Å². The van der Waals surface area contributed by atoms with Gasteiger partial charge >= 0.3 is 0 Å². The molecule has 1 aromatic carbocycles. The van der Waals surface area contributed by atoms with E-state index >= 15 is 0 Å². The first kappa shape index (κ1) is 12.4. The van der Waals surface area contributed by atoms with Gasteiger partial charge in [0.25, 0.3) is 0 Å². The van der Waals surface area contributed by atoms with Crippen LogP contribution >= 0.6 is 0 Å². The van der Waals surface area contributed by atoms with Crippen LogP contribution < -0.4 is 0 Å². The van der Waals surface area contributed by atoms with Crippen molar-refractivity contribution in [2.24, 2.45) is 0 Å². The van der Waals surface area contributed by atoms with Crippen molar-refractivity contribution in [3.05, 3.63) is 53.6 Å². The average Bonchev–Trinajstić information content (AvgIpc) is 2.96. The van der Waals surface area contributed by atoms with Crippen LogP contribution in [-0.2, 0) is 6.54 Å². The molecule has 0 amide bonds. The lowest BCUT2D eigenvalue weighted by Crippen LogP contribution is -2.32. The summed E-state index contributed by atoms with van der Waals surface area (Å²) in [6.07, 6.45) is 6.14. The summed E-state index contributed by atoms with van der Waals surface area (Å²) in [5.74, 6) is 0.495. The number of piperidine rings is 1. The number of nitrogens with one attached hydrogen (secondary N) is 1. The summed E-state index contributed by atoms with van der Waals surface area (Å²) in [7, 11) is 0. The van der Waals surface area contributed by atoms with Gasteiger partial charge < -0.3 is 0 Å². The summed E-state index contributed by atoms with van der Waals surface area (Å²) >= 11 is 0. The van der Waals surface area contributed by atoms with Gasteiger partial charge in [-0.25, -0.2) is 4.39 Å². The van der Waals surface area contributed by atoms with E-state index in [-0.39, 0.29) is 5.82 Å². The van der Waals surface area contributed by atoms with Crippen LogP contribution in [0, 0.1) is 5.82 Å². The first-order valence-corrected chi connectivity index (χ1v) is 6.77. The summed E-state index contributed by atoms with van der Waals surface area (Å²) in [6, 6.07) is 7.05. The molecule has 2 aromatic rings. The van der Waals surface area contributed by atoms with Crippen molar-refractivity contribution in [1.29, 1.82) is 0 Å². The number of H-pyrrole nitrogens is 1. The first-order valence-electron chi connectivity index (χ1n) is 6.77. The Hall–Kier alpha value is -1.68. The Morgan fingerprint density at radius 2 is 2.05 bits per heavy atom. The third-order valence-electron chi connectivity index (χ3n) is 3.93. The first-order chi connectivity index (χ1) is 9.33. The number of aromatic amines is 1. The van der Waals surface area contributed by atoms with Gasteiger partial charge in [-0.2, -0.15) is 5.10 Å². The molecular weight excluding hydrogens is 241 g/mol. The van der Waals surface area contributed by atoms with E-state index in [1.54, 1.807) is 6.07 Å². The molecule has 0 unspecified atom stereocenters. The van der Waals surface area contributed by atoms with Gasteiger partial charge in [0, 0.05) is 18.3 Å². The fourth-order valence-electron chi connectivity index (χ4n) is 2.78. The van der Waals surface area contributed by atoms with E-state index in [9.17, 15) is 4.39 Å². The van der Waals surface area contributed by atoms with Gasteiger partial charge in [0.2, 0.25) is 0 Å². The van der Waals surface area contributed by atoms with Crippen molar-refractivity contribution in [3.8, 4) is 0 Å². The van der Waals surface area contributed by atoms with Crippen molar-refractivity contribution >= 4 is 0 Å². The molecule has 3 nitrogen and oxygen atoms in total. The molecule has 2 heterocycles. The smallest absolute Gasteiger partial charge is 0.127 e. The SMILES string of the molecule is Fc1ccccc1CN1CCC(c2cn[nH]c2)CC1. The van der Waals surface area contributed by atoms with Gasteiger partial charge in [0.1, 0.15) is 5.82 Å². The number of hydrogen-bond acceptors (Lipinski definition) is 2. The van der Waals surface area contributed by atoms with Crippen LogP contribution in [0.3, 0.4) is 0 Å². The van der Waals surface area contributed by atoms with Crippen molar-refractivity contribution in [1.82, 2.24) is 15.1 Å². The zero-order valence-electron chi connectivity index (χ0n) is 10.8. The number of benzene rings is 1. The minimum absolute atomic E-state index is 0.0977. The molecule has 0 atom stereocenters. The quantitative estimate of drug-likeness (QED) is 0.919. The number of hydrogen-bond donors (Lipinski definition) is 1. The van der Waals surface area contributed by atoms with Gasteiger partial charge in [-0.1, -0.05) is 18.2 Å². The van der Waals surface area contributed by atoms with Crippen LogP contribution in [0.15, 0.2) is 36.7 Å². The summed E-state index contributed by atoms with van der Waals surface area (Å²) < 4.78 is 13.6. The lowest BCUT2D eigenvalue weighted by molar-refractivity contribution is 0.202. The Kier molecular flexibility index (Phi) is 3.60. The fraction of sp³-hybridized carbons (Fsp3) is 0.400. The predicted molar refractivity (Wildman–Crippen MR) is 72.2 cm³/mol. The van der Waals surface area contributed by atoms with Gasteiger partial charge in [0.05, 0.1) is 6.20 Å². The highest BCUT2D eigenvalue weighted by molar-refractivity contribution is 5.17. The van der Waals surface area contributed by atoms with E-state index in [4.69, 9.17) is 0 Å². The topological polar surface area (TPSA) is 31.9 Å². The molecule has 100 valence electrons. The molecule has 19 heavy (non-hydrogen) atoms. The highest BCUT2D eigenvalue weighted by Crippen LogP contribution is 2.27. The molecule has 1 aliphatic heterocycles. The van der Waals surface area contributed by atoms with Crippen LogP contribution in [0.5, 0.6) is 0 Å². The summed E-state index contributed by atoms with van der Waals surface area (Å²) in [5, 5.41) is 6.88. The molecule has 0 spiro atoms. The molecule has 1 fully saturated rings. The molecule has 1 aliphatic rings. The Morgan fingerprint density at radius 3 is 2.74 bits per heavy atom. The standard InChI is InChI=1S/C15H18FN3/c16-15-4-2-1-3-13(15)11-19-7-5-12(6-8-19)14-9-17-18-10-14/h1-4,9-10,12H,5-8,11H2,(H,17,18). The summed E-state index contributed by atoms with van der Waals surface area (Å²) in [5.41, 5.74) is 2.09. The lowest BCUT2D eigenvalue weighted by atomic mass is 9.91. The van der Waals surface area contributed by atoms with Crippen LogP contribution in [-0.4, -0.2) is 28.2 Å². The Bertz CT molecular complexity index is 516. The normalized spacial score (nSPS) is 17.7. The van der Waals surface area contributed by atoms with E-state index in [0.29, 0.717) is 12.5 Å². The van der Waals surface area contributed by atoms with Crippen molar-refractivity contribution < 1.29 is 4.39 Å². The maximum atomic E-state index is 13.6. The van der Waals surface area contributed by atoms with E-state index in [0.717, 1.165) is 31.5 Å². The fourth-order valence-corrected chi connectivity index (χ4v) is 2.78. The largest absolute Gasteiger partial charge is 0.299 e. The van der Waals surface area contributed by atoms with Gasteiger partial charge in [-0.05, 0) is 43.5 Å². The van der Waals surface area contributed by atoms with Crippen molar-refractivity contribution in [2.75, 3.05) is 13.1 Å². The zero-order chi connectivity index (χ0) is 13.1. The molecule has 1 N–H and O–H groups in total. The number of aromatic nitrogens is 2. The highest BCUT2D eigenvalue weighted by Gasteiger charge is 2.21. The average molecular weight is 259 g/mol. The van der Waals surface area contributed by atoms with E-state index < -0.39 is 0 Å². The predicted octanol–water partition coefficient (Wildman–Crippen LogP) is 2.93. The zero-order valence-corrected chi connectivity index (χ0v) is 10.8. The highest BCUT2D eigenvalue weighted by atomic mass is 19.1. The molecule has 0 bridgehead atoms. The minimum atomic E-state index is -0.0977. The molecule has 1 saturated heterocycles. The van der Waals surface area contributed by atoms with Crippen molar-refractivity contribution in [3.63, 3.8) is 0 Å². The third-order valence-corrected chi connectivity index (χ3v) is 3.93. The van der Waals surface area contributed by atoms with Crippen LogP contribution in [0.25, 0.3) is 0 Å². The molecule has 0 aliphatic carbocycles. The number of nitrogens with zero attached hydrogens (tertiary/aromatic N) is 2. The summed E-state index contributed by atoms with van der Waals surface area (Å²) in [6.45, 7) is 2.75. The van der Waals surface area contributed by atoms with E-state index in [1.165, 1.54) is 11.6 Å². The Morgan fingerprint density at radius 1 is 1.26 bits per heavy atom.